The lowest BCUT2D eigenvalue weighted by molar-refractivity contribution is 0.467. The van der Waals surface area contributed by atoms with Crippen molar-refractivity contribution in [3.8, 4) is 11.5 Å². The van der Waals surface area contributed by atoms with Gasteiger partial charge in [0.15, 0.2) is 0 Å². The summed E-state index contributed by atoms with van der Waals surface area (Å²) >= 11 is 6.16. The van der Waals surface area contributed by atoms with E-state index < -0.39 is 0 Å². The van der Waals surface area contributed by atoms with E-state index in [1.807, 2.05) is 26.0 Å². The van der Waals surface area contributed by atoms with Crippen LogP contribution in [-0.4, -0.2) is 0 Å². The average molecular weight is 308 g/mol. The van der Waals surface area contributed by atoms with Gasteiger partial charge in [-0.05, 0) is 68.7 Å². The lowest BCUT2D eigenvalue weighted by Crippen LogP contribution is -2.08. The Balaban J connectivity index is 2.46. The first-order chi connectivity index (χ1) is 9.79. The van der Waals surface area contributed by atoms with Crippen LogP contribution in [0.25, 0.3) is 0 Å². The van der Waals surface area contributed by atoms with E-state index in [0.717, 1.165) is 16.1 Å². The molecule has 21 heavy (non-hydrogen) atoms. The summed E-state index contributed by atoms with van der Waals surface area (Å²) in [5.74, 6) is 0.963. The highest BCUT2D eigenvalue weighted by Crippen LogP contribution is 2.33. The van der Waals surface area contributed by atoms with Crippen LogP contribution in [0.4, 0.5) is 4.39 Å². The van der Waals surface area contributed by atoms with Crippen LogP contribution in [0.5, 0.6) is 11.5 Å². The Labute approximate surface area is 129 Å². The van der Waals surface area contributed by atoms with E-state index in [4.69, 9.17) is 22.1 Å². The Morgan fingerprint density at radius 3 is 2.14 bits per heavy atom. The van der Waals surface area contributed by atoms with Crippen LogP contribution < -0.4 is 10.5 Å². The smallest absolute Gasteiger partial charge is 0.132 e. The molecule has 0 heterocycles. The minimum atomic E-state index is -0.315. The predicted molar refractivity (Wildman–Crippen MR) is 84.7 cm³/mol. The summed E-state index contributed by atoms with van der Waals surface area (Å²) in [5, 5.41) is 0.727. The van der Waals surface area contributed by atoms with Gasteiger partial charge in [-0.15, -0.1) is 0 Å². The molecule has 0 saturated heterocycles. The molecule has 0 amide bonds. The van der Waals surface area contributed by atoms with Crippen LogP contribution in [0.15, 0.2) is 24.3 Å². The summed E-state index contributed by atoms with van der Waals surface area (Å²) < 4.78 is 19.6. The van der Waals surface area contributed by atoms with E-state index >= 15 is 0 Å². The fourth-order valence-electron chi connectivity index (χ4n) is 2.21. The predicted octanol–water partition coefficient (Wildman–Crippen LogP) is 5.22. The third-order valence-electron chi connectivity index (χ3n) is 3.42. The summed E-state index contributed by atoms with van der Waals surface area (Å²) in [7, 11) is 0. The van der Waals surface area contributed by atoms with Gasteiger partial charge in [0.25, 0.3) is 0 Å². The Morgan fingerprint density at radius 1 is 1.05 bits per heavy atom. The lowest BCUT2D eigenvalue weighted by atomic mass is 10.0. The standard InChI is InChI=1S/C17H19ClFNO/c1-9-7-16(14(12(4)20)8-15(9)19)21-13-5-10(2)17(18)11(3)6-13/h5-8,12H,20H2,1-4H3. The number of halogens is 2. The second kappa shape index (κ2) is 6.04. The summed E-state index contributed by atoms with van der Waals surface area (Å²) in [5.41, 5.74) is 8.95. The van der Waals surface area contributed by atoms with Gasteiger partial charge in [0, 0.05) is 16.6 Å². The molecule has 2 N–H and O–H groups in total. The first kappa shape index (κ1) is 15.8. The molecule has 1 atom stereocenters. The second-order valence-corrected chi connectivity index (χ2v) is 5.78. The number of rotatable bonds is 3. The van der Waals surface area contributed by atoms with Gasteiger partial charge in [0.05, 0.1) is 0 Å². The Morgan fingerprint density at radius 2 is 1.62 bits per heavy atom. The number of ether oxygens (including phenoxy) is 1. The summed E-state index contributed by atoms with van der Waals surface area (Å²) in [6, 6.07) is 6.51. The molecule has 2 nitrogen and oxygen atoms in total. The molecule has 0 spiro atoms. The van der Waals surface area contributed by atoms with Gasteiger partial charge in [-0.25, -0.2) is 4.39 Å². The van der Waals surface area contributed by atoms with Crippen molar-refractivity contribution in [3.63, 3.8) is 0 Å². The molecule has 0 saturated carbocycles. The van der Waals surface area contributed by atoms with E-state index in [1.165, 1.54) is 6.07 Å². The largest absolute Gasteiger partial charge is 0.457 e. The molecule has 0 aliphatic heterocycles. The van der Waals surface area contributed by atoms with Crippen LogP contribution >= 0.6 is 11.6 Å². The van der Waals surface area contributed by atoms with Gasteiger partial charge in [-0.3, -0.25) is 0 Å². The number of benzene rings is 2. The van der Waals surface area contributed by atoms with Crippen molar-refractivity contribution in [2.24, 2.45) is 5.73 Å². The Bertz CT molecular complexity index is 660. The molecule has 0 aliphatic rings. The minimum Gasteiger partial charge on any atom is -0.457 e. The fraction of sp³-hybridized carbons (Fsp3) is 0.294. The zero-order chi connectivity index (χ0) is 15.7. The van der Waals surface area contributed by atoms with Crippen LogP contribution in [0, 0.1) is 26.6 Å². The fourth-order valence-corrected chi connectivity index (χ4v) is 2.32. The van der Waals surface area contributed by atoms with Gasteiger partial charge in [0.2, 0.25) is 0 Å². The van der Waals surface area contributed by atoms with Gasteiger partial charge in [-0.2, -0.15) is 0 Å². The minimum absolute atomic E-state index is 0.280. The Hall–Kier alpha value is -1.58. The maximum absolute atomic E-state index is 13.7. The normalized spacial score (nSPS) is 12.3. The van der Waals surface area contributed by atoms with Crippen LogP contribution in [-0.2, 0) is 0 Å². The topological polar surface area (TPSA) is 35.2 Å². The quantitative estimate of drug-likeness (QED) is 0.844. The van der Waals surface area contributed by atoms with E-state index in [9.17, 15) is 4.39 Å². The SMILES string of the molecule is Cc1cc(Oc2cc(C)c(Cl)c(C)c2)c(C(C)N)cc1F. The van der Waals surface area contributed by atoms with Gasteiger partial charge >= 0.3 is 0 Å². The first-order valence-electron chi connectivity index (χ1n) is 6.79. The number of hydrogen-bond acceptors (Lipinski definition) is 2. The van der Waals surface area contributed by atoms with Crippen molar-refractivity contribution in [1.82, 2.24) is 0 Å². The molecule has 0 radical (unpaired) electrons. The molecule has 1 unspecified atom stereocenters. The number of hydrogen-bond donors (Lipinski definition) is 1. The maximum Gasteiger partial charge on any atom is 0.132 e. The van der Waals surface area contributed by atoms with E-state index in [2.05, 4.69) is 0 Å². The number of nitrogens with two attached hydrogens (primary N) is 1. The van der Waals surface area contributed by atoms with Crippen molar-refractivity contribution < 1.29 is 9.13 Å². The van der Waals surface area contributed by atoms with Crippen molar-refractivity contribution in [3.05, 3.63) is 57.4 Å². The molecular formula is C17H19ClFNO. The number of aryl methyl sites for hydroxylation is 3. The third-order valence-corrected chi connectivity index (χ3v) is 4.02. The molecule has 0 bridgehead atoms. The monoisotopic (exact) mass is 307 g/mol. The summed E-state index contributed by atoms with van der Waals surface area (Å²) in [6.45, 7) is 7.34. The molecule has 0 aliphatic carbocycles. The van der Waals surface area contributed by atoms with Gasteiger partial charge in [-0.1, -0.05) is 11.6 Å². The highest BCUT2D eigenvalue weighted by molar-refractivity contribution is 6.32. The maximum atomic E-state index is 13.7. The van der Waals surface area contributed by atoms with Crippen molar-refractivity contribution in [1.29, 1.82) is 0 Å². The van der Waals surface area contributed by atoms with E-state index in [1.54, 1.807) is 19.9 Å². The molecule has 2 aromatic carbocycles. The van der Waals surface area contributed by atoms with Crippen molar-refractivity contribution >= 4 is 11.6 Å². The van der Waals surface area contributed by atoms with E-state index in [-0.39, 0.29) is 11.9 Å². The molecule has 112 valence electrons. The lowest BCUT2D eigenvalue weighted by Gasteiger charge is -2.16. The first-order valence-corrected chi connectivity index (χ1v) is 7.17. The zero-order valence-electron chi connectivity index (χ0n) is 12.6. The molecular weight excluding hydrogens is 289 g/mol. The molecule has 0 aromatic heterocycles. The van der Waals surface area contributed by atoms with Gasteiger partial charge in [0.1, 0.15) is 17.3 Å². The molecule has 0 fully saturated rings. The molecule has 2 rings (SSSR count). The van der Waals surface area contributed by atoms with Crippen molar-refractivity contribution in [2.45, 2.75) is 33.7 Å². The van der Waals surface area contributed by atoms with Crippen LogP contribution in [0.3, 0.4) is 0 Å². The van der Waals surface area contributed by atoms with Crippen molar-refractivity contribution in [2.75, 3.05) is 0 Å². The molecule has 2 aromatic rings. The van der Waals surface area contributed by atoms with Gasteiger partial charge < -0.3 is 10.5 Å². The highest BCUT2D eigenvalue weighted by atomic mass is 35.5. The van der Waals surface area contributed by atoms with E-state index in [0.29, 0.717) is 22.6 Å². The summed E-state index contributed by atoms with van der Waals surface area (Å²) in [6.07, 6.45) is 0. The van der Waals surface area contributed by atoms with Crippen LogP contribution in [0.2, 0.25) is 5.02 Å². The third kappa shape index (κ3) is 3.36. The van der Waals surface area contributed by atoms with Crippen LogP contribution in [0.1, 0.15) is 35.2 Å². The zero-order valence-corrected chi connectivity index (χ0v) is 13.4. The summed E-state index contributed by atoms with van der Waals surface area (Å²) in [4.78, 5) is 0. The Kier molecular flexibility index (Phi) is 4.55. The highest BCUT2D eigenvalue weighted by Gasteiger charge is 2.14. The average Bonchev–Trinajstić information content (AvgIpc) is 2.39. The molecule has 4 heteroatoms. The second-order valence-electron chi connectivity index (χ2n) is 5.40.